The number of carbonyl (C=O) groups is 1. The molecule has 1 N–H and O–H groups in total. The maximum absolute atomic E-state index is 11.8. The molecular formula is C14H20N2O3S. The van der Waals surface area contributed by atoms with Crippen molar-refractivity contribution in [1.82, 2.24) is 0 Å². The average molecular weight is 296 g/mol. The van der Waals surface area contributed by atoms with Gasteiger partial charge in [0.05, 0.1) is 11.9 Å². The van der Waals surface area contributed by atoms with Crippen LogP contribution in [0.25, 0.3) is 0 Å². The number of nitrogens with zero attached hydrogens (tertiary/aromatic N) is 1. The molecule has 0 saturated carbocycles. The van der Waals surface area contributed by atoms with Crippen molar-refractivity contribution in [3.05, 3.63) is 23.8 Å². The maximum Gasteiger partial charge on any atom is 0.232 e. The minimum Gasteiger partial charge on any atom is -0.326 e. The Morgan fingerprint density at radius 2 is 2.05 bits per heavy atom. The van der Waals surface area contributed by atoms with Gasteiger partial charge in [0.2, 0.25) is 15.9 Å². The molecule has 110 valence electrons. The standard InChI is InChI=1S/C14H20N2O3S/c1-10(2)14(17)15-12-7-6-11-5-4-8-16(13(11)9-12)20(3,18)19/h6-7,9-10H,4-5,8H2,1-3H3,(H,15,17). The van der Waals surface area contributed by atoms with E-state index in [0.29, 0.717) is 17.9 Å². The van der Waals surface area contributed by atoms with Crippen molar-refractivity contribution in [1.29, 1.82) is 0 Å². The van der Waals surface area contributed by atoms with Crippen LogP contribution in [0.2, 0.25) is 0 Å². The van der Waals surface area contributed by atoms with Gasteiger partial charge in [-0.3, -0.25) is 9.10 Å². The molecule has 2 rings (SSSR count). The topological polar surface area (TPSA) is 66.5 Å². The molecule has 0 unspecified atom stereocenters. The molecule has 1 aromatic rings. The zero-order chi connectivity index (χ0) is 14.9. The van der Waals surface area contributed by atoms with Crippen molar-refractivity contribution < 1.29 is 13.2 Å². The third kappa shape index (κ3) is 3.12. The average Bonchev–Trinajstić information content (AvgIpc) is 2.36. The van der Waals surface area contributed by atoms with Gasteiger partial charge in [-0.1, -0.05) is 19.9 Å². The lowest BCUT2D eigenvalue weighted by molar-refractivity contribution is -0.118. The second-order valence-electron chi connectivity index (χ2n) is 5.43. The molecule has 5 nitrogen and oxygen atoms in total. The fraction of sp³-hybridized carbons (Fsp3) is 0.500. The van der Waals surface area contributed by atoms with Crippen molar-refractivity contribution in [3.63, 3.8) is 0 Å². The Balaban J connectivity index is 2.35. The quantitative estimate of drug-likeness (QED) is 0.927. The second-order valence-corrected chi connectivity index (χ2v) is 7.33. The van der Waals surface area contributed by atoms with Crippen molar-refractivity contribution >= 4 is 27.3 Å². The number of hydrogen-bond acceptors (Lipinski definition) is 3. The molecule has 0 bridgehead atoms. The van der Waals surface area contributed by atoms with Crippen LogP contribution >= 0.6 is 0 Å². The van der Waals surface area contributed by atoms with Crippen LogP contribution in [-0.2, 0) is 21.2 Å². The Kier molecular flexibility index (Phi) is 4.04. The molecule has 1 amide bonds. The fourth-order valence-corrected chi connectivity index (χ4v) is 3.24. The molecule has 0 aromatic heterocycles. The summed E-state index contributed by atoms with van der Waals surface area (Å²) in [6.45, 7) is 4.13. The lowest BCUT2D eigenvalue weighted by atomic mass is 10.0. The third-order valence-corrected chi connectivity index (χ3v) is 4.53. The van der Waals surface area contributed by atoms with Gasteiger partial charge in [-0.25, -0.2) is 8.42 Å². The van der Waals surface area contributed by atoms with Gasteiger partial charge in [0, 0.05) is 18.2 Å². The highest BCUT2D eigenvalue weighted by Gasteiger charge is 2.24. The van der Waals surface area contributed by atoms with Gasteiger partial charge in [0.1, 0.15) is 0 Å². The summed E-state index contributed by atoms with van der Waals surface area (Å²) in [6.07, 6.45) is 2.89. The number of nitrogens with one attached hydrogen (secondary N) is 1. The first-order valence-corrected chi connectivity index (χ1v) is 8.55. The van der Waals surface area contributed by atoms with Crippen LogP contribution in [0.3, 0.4) is 0 Å². The molecule has 1 aliphatic heterocycles. The number of benzene rings is 1. The minimum absolute atomic E-state index is 0.0772. The number of sulfonamides is 1. The minimum atomic E-state index is -3.28. The van der Waals surface area contributed by atoms with Crippen molar-refractivity contribution in [2.45, 2.75) is 26.7 Å². The van der Waals surface area contributed by atoms with Crippen molar-refractivity contribution in [2.24, 2.45) is 5.92 Å². The Bertz CT molecular complexity index is 623. The van der Waals surface area contributed by atoms with E-state index in [2.05, 4.69) is 5.32 Å². The van der Waals surface area contributed by atoms with Crippen LogP contribution < -0.4 is 9.62 Å². The van der Waals surface area contributed by atoms with Gasteiger partial charge < -0.3 is 5.32 Å². The fourth-order valence-electron chi connectivity index (χ4n) is 2.25. The summed E-state index contributed by atoms with van der Waals surface area (Å²) >= 11 is 0. The Hall–Kier alpha value is -1.56. The number of amides is 1. The summed E-state index contributed by atoms with van der Waals surface area (Å²) < 4.78 is 25.1. The van der Waals surface area contributed by atoms with Crippen LogP contribution in [-0.4, -0.2) is 27.1 Å². The molecule has 1 aromatic carbocycles. The Morgan fingerprint density at radius 1 is 1.35 bits per heavy atom. The van der Waals surface area contributed by atoms with E-state index in [-0.39, 0.29) is 11.8 Å². The van der Waals surface area contributed by atoms with Crippen LogP contribution in [0.1, 0.15) is 25.8 Å². The van der Waals surface area contributed by atoms with Gasteiger partial charge in [0.25, 0.3) is 0 Å². The highest BCUT2D eigenvalue weighted by Crippen LogP contribution is 2.31. The highest BCUT2D eigenvalue weighted by molar-refractivity contribution is 7.92. The van der Waals surface area contributed by atoms with Crippen LogP contribution in [0, 0.1) is 5.92 Å². The molecule has 0 saturated heterocycles. The molecule has 0 fully saturated rings. The Morgan fingerprint density at radius 3 is 2.65 bits per heavy atom. The van der Waals surface area contributed by atoms with Gasteiger partial charge in [-0.05, 0) is 30.5 Å². The summed E-state index contributed by atoms with van der Waals surface area (Å²) in [5.41, 5.74) is 2.32. The molecule has 20 heavy (non-hydrogen) atoms. The largest absolute Gasteiger partial charge is 0.326 e. The van der Waals surface area contributed by atoms with E-state index >= 15 is 0 Å². The van der Waals surface area contributed by atoms with E-state index < -0.39 is 10.0 Å². The molecule has 0 atom stereocenters. The number of fused-ring (bicyclic) bond motifs is 1. The van der Waals surface area contributed by atoms with E-state index in [4.69, 9.17) is 0 Å². The predicted octanol–water partition coefficient (Wildman–Crippen LogP) is 1.99. The van der Waals surface area contributed by atoms with Gasteiger partial charge in [0.15, 0.2) is 0 Å². The second kappa shape index (κ2) is 5.44. The van der Waals surface area contributed by atoms with Gasteiger partial charge in [-0.2, -0.15) is 0 Å². The van der Waals surface area contributed by atoms with Crippen molar-refractivity contribution in [3.8, 4) is 0 Å². The number of rotatable bonds is 3. The monoisotopic (exact) mass is 296 g/mol. The number of aryl methyl sites for hydroxylation is 1. The first-order chi connectivity index (χ1) is 9.29. The molecule has 6 heteroatoms. The molecule has 0 radical (unpaired) electrons. The summed E-state index contributed by atoms with van der Waals surface area (Å²) in [6, 6.07) is 5.46. The lowest BCUT2D eigenvalue weighted by Gasteiger charge is -2.29. The summed E-state index contributed by atoms with van der Waals surface area (Å²) in [4.78, 5) is 11.7. The summed E-state index contributed by atoms with van der Waals surface area (Å²) in [7, 11) is -3.28. The molecular weight excluding hydrogens is 276 g/mol. The maximum atomic E-state index is 11.8. The third-order valence-electron chi connectivity index (χ3n) is 3.35. The van der Waals surface area contributed by atoms with E-state index in [9.17, 15) is 13.2 Å². The van der Waals surface area contributed by atoms with E-state index in [1.807, 2.05) is 26.0 Å². The van der Waals surface area contributed by atoms with Crippen LogP contribution in [0.4, 0.5) is 11.4 Å². The highest BCUT2D eigenvalue weighted by atomic mass is 32.2. The molecule has 1 aliphatic rings. The van der Waals surface area contributed by atoms with Crippen LogP contribution in [0.5, 0.6) is 0 Å². The van der Waals surface area contributed by atoms with E-state index in [1.165, 1.54) is 10.6 Å². The normalized spacial score (nSPS) is 15.1. The van der Waals surface area contributed by atoms with E-state index in [0.717, 1.165) is 18.4 Å². The molecule has 0 spiro atoms. The smallest absolute Gasteiger partial charge is 0.232 e. The zero-order valence-corrected chi connectivity index (χ0v) is 12.8. The number of carbonyl (C=O) groups excluding carboxylic acids is 1. The summed E-state index contributed by atoms with van der Waals surface area (Å²) in [5.74, 6) is -0.191. The summed E-state index contributed by atoms with van der Waals surface area (Å²) in [5, 5.41) is 2.80. The lowest BCUT2D eigenvalue weighted by Crippen LogP contribution is -2.34. The predicted molar refractivity (Wildman–Crippen MR) is 80.4 cm³/mol. The van der Waals surface area contributed by atoms with Crippen molar-refractivity contribution in [2.75, 3.05) is 22.4 Å². The van der Waals surface area contributed by atoms with Gasteiger partial charge in [-0.15, -0.1) is 0 Å². The molecule has 0 aliphatic carbocycles. The zero-order valence-electron chi connectivity index (χ0n) is 12.0. The van der Waals surface area contributed by atoms with Gasteiger partial charge >= 0.3 is 0 Å². The first-order valence-electron chi connectivity index (χ1n) is 6.70. The van der Waals surface area contributed by atoms with E-state index in [1.54, 1.807) is 6.07 Å². The van der Waals surface area contributed by atoms with Crippen LogP contribution in [0.15, 0.2) is 18.2 Å². The Labute approximate surface area is 120 Å². The molecule has 1 heterocycles. The first kappa shape index (κ1) is 14.8. The number of anilines is 2. The SMILES string of the molecule is CC(C)C(=O)Nc1ccc2c(c1)N(S(C)(=O)=O)CCC2. The number of hydrogen-bond donors (Lipinski definition) is 1.